The molecule has 0 fully saturated rings. The van der Waals surface area contributed by atoms with E-state index in [1.165, 1.54) is 52.1 Å². The predicted octanol–water partition coefficient (Wildman–Crippen LogP) is 5.38. The summed E-state index contributed by atoms with van der Waals surface area (Å²) in [6.07, 6.45) is 3.67. The summed E-state index contributed by atoms with van der Waals surface area (Å²) < 4.78 is 2.46. The first kappa shape index (κ1) is 42.0. The molecule has 0 saturated heterocycles. The third-order valence-electron chi connectivity index (χ3n) is 8.22. The molecule has 6 aromatic rings. The van der Waals surface area contributed by atoms with E-state index in [9.17, 15) is 54.0 Å². The highest BCUT2D eigenvalue weighted by Crippen LogP contribution is 2.26. The number of ketones is 1. The molecule has 3 aromatic carbocycles. The smallest absolute Gasteiger partial charge is 0.336 e. The Kier molecular flexibility index (Phi) is 12.5. The molecule has 0 aliphatic heterocycles. The third kappa shape index (κ3) is 9.29. The van der Waals surface area contributed by atoms with Crippen LogP contribution in [0, 0.1) is 0 Å². The summed E-state index contributed by atoms with van der Waals surface area (Å²) in [6.45, 7) is 1.85. The van der Waals surface area contributed by atoms with Crippen molar-refractivity contribution in [3.8, 4) is 34.2 Å². The lowest BCUT2D eigenvalue weighted by Gasteiger charge is -2.06. The first-order valence-electron chi connectivity index (χ1n) is 16.8. The summed E-state index contributed by atoms with van der Waals surface area (Å²) >= 11 is 0. The van der Waals surface area contributed by atoms with Crippen molar-refractivity contribution in [3.63, 3.8) is 0 Å². The zero-order valence-electron chi connectivity index (χ0n) is 30.4. The quantitative estimate of drug-likeness (QED) is 0.0347. The first-order chi connectivity index (χ1) is 28.5. The molecule has 3 heterocycles. The first-order valence-corrected chi connectivity index (χ1v) is 16.8. The monoisotopic (exact) mass is 818 g/mol. The molecule has 0 radical (unpaired) electrons. The number of nitrogens with zero attached hydrogens (tertiary/aromatic N) is 10. The van der Waals surface area contributed by atoms with Crippen molar-refractivity contribution in [2.75, 3.05) is 0 Å². The minimum absolute atomic E-state index is 0.0555. The second kappa shape index (κ2) is 17.8. The Hall–Kier alpha value is -9.11. The van der Waals surface area contributed by atoms with E-state index in [0.29, 0.717) is 12.0 Å². The van der Waals surface area contributed by atoms with Gasteiger partial charge in [0, 0.05) is 22.6 Å². The van der Waals surface area contributed by atoms with Crippen molar-refractivity contribution in [2.45, 2.75) is 19.8 Å². The maximum atomic E-state index is 12.9. The van der Waals surface area contributed by atoms with Crippen molar-refractivity contribution in [3.05, 3.63) is 129 Å². The van der Waals surface area contributed by atoms with Crippen LogP contribution in [0.3, 0.4) is 0 Å². The van der Waals surface area contributed by atoms with Gasteiger partial charge < -0.3 is 30.6 Å². The van der Waals surface area contributed by atoms with Crippen molar-refractivity contribution in [1.29, 1.82) is 0 Å². The van der Waals surface area contributed by atoms with Crippen LogP contribution >= 0.6 is 0 Å². The zero-order chi connectivity index (χ0) is 43.8. The maximum Gasteiger partial charge on any atom is 0.336 e. The molecule has 6 rings (SSSR count). The van der Waals surface area contributed by atoms with Gasteiger partial charge in [-0.1, -0.05) is 28.5 Å². The molecule has 0 atom stereocenters. The number of carbonyl (C=O) groups is 7. The molecule has 60 heavy (non-hydrogen) atoms. The number of Topliss-reactive ketones (excluding diaryl/α,β-unsaturated/α-hetero) is 1. The summed E-state index contributed by atoms with van der Waals surface area (Å²) in [5.41, 5.74) is 7.28. The molecule has 0 aliphatic carbocycles. The maximum absolute atomic E-state index is 12.9. The number of azide groups is 1. The van der Waals surface area contributed by atoms with Gasteiger partial charge in [0.1, 0.15) is 11.4 Å². The predicted molar refractivity (Wildman–Crippen MR) is 201 cm³/mol. The molecule has 0 amide bonds. The van der Waals surface area contributed by atoms with E-state index < -0.39 is 63.6 Å². The van der Waals surface area contributed by atoms with Gasteiger partial charge in [-0.3, -0.25) is 4.79 Å². The number of pyridine rings is 1. The number of carboxylic acid groups (broad SMARTS) is 6. The van der Waals surface area contributed by atoms with Crippen LogP contribution in [-0.4, -0.2) is 107 Å². The highest BCUT2D eigenvalue weighted by molar-refractivity contribution is 6.04. The number of carboxylic acids is 6. The van der Waals surface area contributed by atoms with Gasteiger partial charge in [0.25, 0.3) is 0 Å². The summed E-state index contributed by atoms with van der Waals surface area (Å²) in [7, 11) is 0. The van der Waals surface area contributed by atoms with E-state index >= 15 is 0 Å². The number of aromatic carboxylic acids is 6. The largest absolute Gasteiger partial charge is 0.478 e. The number of aromatic nitrogens is 7. The number of carbonyl (C=O) groups excluding carboxylic acids is 1. The van der Waals surface area contributed by atoms with Gasteiger partial charge >= 0.3 is 35.8 Å². The molecule has 0 spiro atoms. The normalized spacial score (nSPS) is 10.4. The minimum atomic E-state index is -1.44. The van der Waals surface area contributed by atoms with Crippen molar-refractivity contribution >= 4 is 47.3 Å². The van der Waals surface area contributed by atoms with Gasteiger partial charge in [0.05, 0.1) is 68.5 Å². The second-order valence-corrected chi connectivity index (χ2v) is 12.1. The number of rotatable bonds is 14. The number of benzene rings is 3. The molecule has 0 unspecified atom stereocenters. The molecule has 302 valence electrons. The van der Waals surface area contributed by atoms with Gasteiger partial charge in [-0.15, -0.1) is 10.2 Å². The fourth-order valence-electron chi connectivity index (χ4n) is 5.43. The van der Waals surface area contributed by atoms with Gasteiger partial charge in [-0.05, 0) is 72.6 Å². The zero-order valence-corrected chi connectivity index (χ0v) is 30.4. The van der Waals surface area contributed by atoms with Gasteiger partial charge in [0.15, 0.2) is 5.78 Å². The van der Waals surface area contributed by atoms with Crippen LogP contribution in [0.15, 0.2) is 84.2 Å². The van der Waals surface area contributed by atoms with E-state index in [1.807, 2.05) is 6.92 Å². The van der Waals surface area contributed by atoms with Crippen LogP contribution in [0.5, 0.6) is 0 Å². The summed E-state index contributed by atoms with van der Waals surface area (Å²) in [5, 5.41) is 74.3. The Balaban J connectivity index is 0.000000384. The SMILES string of the molecule is CCCC(=O)c1cc(-c2cn(-c3ccc(C(=O)O)c(C(=O)O)c3)nn2)nc(-c2cn(-c3ccc(C(=O)O)c(C(=O)O)c3)nn2)c1.[N-]=[N+]=Nc1ccc(C(=O)O)c(C(=O)O)c1. The molecule has 6 N–H and O–H groups in total. The van der Waals surface area contributed by atoms with Crippen molar-refractivity contribution in [1.82, 2.24) is 35.0 Å². The number of hydrogen-bond acceptors (Lipinski definition) is 13. The lowest BCUT2D eigenvalue weighted by Crippen LogP contribution is -2.09. The van der Waals surface area contributed by atoms with E-state index in [1.54, 1.807) is 0 Å². The van der Waals surface area contributed by atoms with Crippen molar-refractivity contribution in [2.24, 2.45) is 5.11 Å². The van der Waals surface area contributed by atoms with Crippen LogP contribution in [0.25, 0.3) is 44.6 Å². The minimum Gasteiger partial charge on any atom is -0.478 e. The molecular formula is C37H26N10O13. The lowest BCUT2D eigenvalue weighted by atomic mass is 10.0. The van der Waals surface area contributed by atoms with Gasteiger partial charge in [-0.2, -0.15) is 0 Å². The Labute approximate surface area is 333 Å². The Morgan fingerprint density at radius 2 is 0.967 bits per heavy atom. The number of hydrogen-bond donors (Lipinski definition) is 6. The van der Waals surface area contributed by atoms with Crippen LogP contribution < -0.4 is 0 Å². The summed E-state index contributed by atoms with van der Waals surface area (Å²) in [5.74, 6) is -8.60. The van der Waals surface area contributed by atoms with Crippen LogP contribution in [0.1, 0.15) is 92.3 Å². The summed E-state index contributed by atoms with van der Waals surface area (Å²) in [6, 6.07) is 13.6. The molecule has 0 bridgehead atoms. The second-order valence-electron chi connectivity index (χ2n) is 12.1. The Morgan fingerprint density at radius 1 is 0.567 bits per heavy atom. The third-order valence-corrected chi connectivity index (χ3v) is 8.22. The molecular weight excluding hydrogens is 792 g/mol. The lowest BCUT2D eigenvalue weighted by molar-refractivity contribution is 0.0651. The fourth-order valence-corrected chi connectivity index (χ4v) is 5.43. The Morgan fingerprint density at radius 3 is 1.35 bits per heavy atom. The molecule has 23 heteroatoms. The van der Waals surface area contributed by atoms with E-state index in [4.69, 9.17) is 15.7 Å². The van der Waals surface area contributed by atoms with Crippen LogP contribution in [0.4, 0.5) is 5.69 Å². The standard InChI is InChI=1S/C29H21N7O9.C8H5N3O4/c1-2-3-25(37)14-8-21(23-12-35(33-31-23)15-4-6-17(26(38)39)19(10-15)28(42)43)30-22(9-14)24-13-36(34-32-24)16-5-7-18(27(40)41)20(11-16)29(44)45;9-11-10-4-1-2-5(7(12)13)6(3-4)8(14)15/h4-13H,2-3H2,1H3,(H,38,39)(H,40,41)(H,42,43)(H,44,45);1-3H,(H,12,13)(H,14,15). The van der Waals surface area contributed by atoms with E-state index in [2.05, 4.69) is 35.6 Å². The van der Waals surface area contributed by atoms with Crippen molar-refractivity contribution < 1.29 is 64.2 Å². The fraction of sp³-hybridized carbons (Fsp3) is 0.0811. The van der Waals surface area contributed by atoms with Gasteiger partial charge in [-0.25, -0.2) is 43.1 Å². The molecule has 23 nitrogen and oxygen atoms in total. The molecule has 0 aliphatic rings. The van der Waals surface area contributed by atoms with Crippen LogP contribution in [0.2, 0.25) is 0 Å². The van der Waals surface area contributed by atoms with E-state index in [0.717, 1.165) is 36.4 Å². The van der Waals surface area contributed by atoms with Crippen LogP contribution in [-0.2, 0) is 0 Å². The van der Waals surface area contributed by atoms with Gasteiger partial charge in [0.2, 0.25) is 0 Å². The topological polar surface area (TPSA) is 364 Å². The summed E-state index contributed by atoms with van der Waals surface area (Å²) in [4.78, 5) is 87.4. The average molecular weight is 819 g/mol. The average Bonchev–Trinajstić information content (AvgIpc) is 3.92. The highest BCUT2D eigenvalue weighted by Gasteiger charge is 2.21. The molecule has 0 saturated carbocycles. The molecule has 3 aromatic heterocycles. The Bertz CT molecular complexity index is 2670. The highest BCUT2D eigenvalue weighted by atomic mass is 16.4. The van der Waals surface area contributed by atoms with E-state index in [-0.39, 0.29) is 57.6 Å².